The largest absolute Gasteiger partial charge is 0.383 e. The van der Waals surface area contributed by atoms with E-state index in [1.54, 1.807) is 7.11 Å². The van der Waals surface area contributed by atoms with E-state index in [0.29, 0.717) is 19.7 Å². The maximum Gasteiger partial charge on any atom is 0.234 e. The Hall–Kier alpha value is -2.12. The molecule has 0 spiro atoms. The van der Waals surface area contributed by atoms with Gasteiger partial charge in [-0.25, -0.2) is 0 Å². The molecule has 1 saturated heterocycles. The van der Waals surface area contributed by atoms with E-state index in [0.717, 1.165) is 38.7 Å². The van der Waals surface area contributed by atoms with Gasteiger partial charge in [0, 0.05) is 53.4 Å². The molecule has 2 N–H and O–H groups in total. The van der Waals surface area contributed by atoms with E-state index in [2.05, 4.69) is 70.5 Å². The molecule has 1 aromatic rings. The van der Waals surface area contributed by atoms with Crippen LogP contribution in [0.3, 0.4) is 0 Å². The highest BCUT2D eigenvalue weighted by Crippen LogP contribution is 2.22. The van der Waals surface area contributed by atoms with E-state index in [-0.39, 0.29) is 11.3 Å². The fraction of sp³-hybridized carbons (Fsp3) is 0.636. The number of nitrogens with one attached hydrogen (secondary N) is 2. The number of nitrogens with zero attached hydrogens (tertiary/aromatic N) is 3. The second-order valence-corrected chi connectivity index (χ2v) is 8.45. The first-order valence-corrected chi connectivity index (χ1v) is 10.4. The summed E-state index contributed by atoms with van der Waals surface area (Å²) in [6.07, 6.45) is 0. The van der Waals surface area contributed by atoms with E-state index < -0.39 is 0 Å². The van der Waals surface area contributed by atoms with Crippen LogP contribution < -0.4 is 10.6 Å². The van der Waals surface area contributed by atoms with Crippen molar-refractivity contribution in [1.29, 1.82) is 0 Å². The molecule has 162 valence electrons. The zero-order chi connectivity index (χ0) is 21.3. The number of hydrogen-bond acceptors (Lipinski definition) is 4. The van der Waals surface area contributed by atoms with Crippen molar-refractivity contribution in [3.05, 3.63) is 35.4 Å². The van der Waals surface area contributed by atoms with Gasteiger partial charge in [-0.3, -0.25) is 14.7 Å². The second kappa shape index (κ2) is 11.2. The third kappa shape index (κ3) is 7.66. The maximum absolute atomic E-state index is 11.9. The number of hydrogen-bond donors (Lipinski definition) is 2. The minimum Gasteiger partial charge on any atom is -0.383 e. The van der Waals surface area contributed by atoms with Gasteiger partial charge in [0.05, 0.1) is 13.2 Å². The molecule has 0 unspecified atom stereocenters. The molecule has 1 aromatic carbocycles. The van der Waals surface area contributed by atoms with Crippen molar-refractivity contribution in [2.45, 2.75) is 32.7 Å². The van der Waals surface area contributed by atoms with Crippen LogP contribution in [0.25, 0.3) is 0 Å². The number of aliphatic imine (C=N–C) groups is 1. The Balaban J connectivity index is 1.76. The van der Waals surface area contributed by atoms with Crippen LogP contribution in [0.2, 0.25) is 0 Å². The highest BCUT2D eigenvalue weighted by Gasteiger charge is 2.21. The highest BCUT2D eigenvalue weighted by molar-refractivity contribution is 5.80. The molecule has 0 aliphatic carbocycles. The fourth-order valence-corrected chi connectivity index (χ4v) is 3.31. The number of amides is 1. The Bertz CT molecular complexity index is 659. The van der Waals surface area contributed by atoms with Gasteiger partial charge in [-0.15, -0.1) is 0 Å². The summed E-state index contributed by atoms with van der Waals surface area (Å²) in [5.41, 5.74) is 2.75. The molecule has 7 nitrogen and oxygen atoms in total. The maximum atomic E-state index is 11.9. The van der Waals surface area contributed by atoms with Crippen LogP contribution in [-0.4, -0.2) is 81.7 Å². The predicted octanol–water partition coefficient (Wildman–Crippen LogP) is 1.44. The van der Waals surface area contributed by atoms with Crippen LogP contribution in [0.5, 0.6) is 0 Å². The molecule has 0 aromatic heterocycles. The van der Waals surface area contributed by atoms with Gasteiger partial charge in [0.25, 0.3) is 0 Å². The smallest absolute Gasteiger partial charge is 0.234 e. The molecule has 1 heterocycles. The lowest BCUT2D eigenvalue weighted by atomic mass is 9.87. The zero-order valence-corrected chi connectivity index (χ0v) is 18.6. The quantitative estimate of drug-likeness (QED) is 0.410. The summed E-state index contributed by atoms with van der Waals surface area (Å²) in [4.78, 5) is 20.8. The third-order valence-corrected chi connectivity index (χ3v) is 5.15. The summed E-state index contributed by atoms with van der Waals surface area (Å²) in [5, 5.41) is 6.34. The van der Waals surface area contributed by atoms with Crippen LogP contribution in [0.4, 0.5) is 0 Å². The Morgan fingerprint density at radius 1 is 1.10 bits per heavy atom. The molecule has 1 amide bonds. The first kappa shape index (κ1) is 23.2. The normalized spacial score (nSPS) is 16.0. The summed E-state index contributed by atoms with van der Waals surface area (Å²) < 4.78 is 4.96. The van der Waals surface area contributed by atoms with Crippen LogP contribution in [-0.2, 0) is 21.5 Å². The molecule has 1 aliphatic heterocycles. The van der Waals surface area contributed by atoms with Gasteiger partial charge in [-0.2, -0.15) is 0 Å². The summed E-state index contributed by atoms with van der Waals surface area (Å²) in [6.45, 7) is 12.4. The fourth-order valence-electron chi connectivity index (χ4n) is 3.31. The Morgan fingerprint density at radius 3 is 2.31 bits per heavy atom. The minimum absolute atomic E-state index is 0.0525. The Kier molecular flexibility index (Phi) is 8.92. The number of carbonyl (C=O) groups is 1. The first-order chi connectivity index (χ1) is 13.8. The Labute approximate surface area is 175 Å². The van der Waals surface area contributed by atoms with Gasteiger partial charge in [-0.1, -0.05) is 45.0 Å². The van der Waals surface area contributed by atoms with Gasteiger partial charge in [0.1, 0.15) is 0 Å². The van der Waals surface area contributed by atoms with Gasteiger partial charge >= 0.3 is 0 Å². The van der Waals surface area contributed by atoms with Gasteiger partial charge < -0.3 is 20.3 Å². The second-order valence-electron chi connectivity index (χ2n) is 8.45. The SMILES string of the molecule is CN=C(NCc1ccc(C(C)(C)C)cc1)N1CCN(CC(=O)NCCOC)CC1. The monoisotopic (exact) mass is 403 g/mol. The van der Waals surface area contributed by atoms with E-state index >= 15 is 0 Å². The van der Waals surface area contributed by atoms with Crippen LogP contribution in [0, 0.1) is 0 Å². The summed E-state index contributed by atoms with van der Waals surface area (Å²) >= 11 is 0. The Morgan fingerprint density at radius 2 is 1.76 bits per heavy atom. The third-order valence-electron chi connectivity index (χ3n) is 5.15. The van der Waals surface area contributed by atoms with Crippen molar-refractivity contribution in [2.24, 2.45) is 4.99 Å². The molecular formula is C22H37N5O2. The van der Waals surface area contributed by atoms with Crippen molar-refractivity contribution in [2.75, 3.05) is 60.0 Å². The molecule has 1 fully saturated rings. The van der Waals surface area contributed by atoms with Crippen molar-refractivity contribution in [3.63, 3.8) is 0 Å². The van der Waals surface area contributed by atoms with Gasteiger partial charge in [0.15, 0.2) is 5.96 Å². The number of ether oxygens (including phenoxy) is 1. The minimum atomic E-state index is 0.0525. The predicted molar refractivity (Wildman–Crippen MR) is 118 cm³/mol. The van der Waals surface area contributed by atoms with E-state index in [1.807, 2.05) is 7.05 Å². The van der Waals surface area contributed by atoms with E-state index in [1.165, 1.54) is 11.1 Å². The van der Waals surface area contributed by atoms with E-state index in [9.17, 15) is 4.79 Å². The molecular weight excluding hydrogens is 366 g/mol. The van der Waals surface area contributed by atoms with Crippen LogP contribution in [0.1, 0.15) is 31.9 Å². The van der Waals surface area contributed by atoms with Crippen molar-refractivity contribution < 1.29 is 9.53 Å². The standard InChI is InChI=1S/C22H37N5O2/c1-22(2,3)19-8-6-18(7-9-19)16-25-21(23-4)27-13-11-26(12-14-27)17-20(28)24-10-15-29-5/h6-9H,10-17H2,1-5H3,(H,23,25)(H,24,28). The average Bonchev–Trinajstić information content (AvgIpc) is 2.69. The van der Waals surface area contributed by atoms with Crippen molar-refractivity contribution in [3.8, 4) is 0 Å². The molecule has 2 rings (SSSR count). The topological polar surface area (TPSA) is 69.2 Å². The molecule has 0 saturated carbocycles. The van der Waals surface area contributed by atoms with Crippen molar-refractivity contribution in [1.82, 2.24) is 20.4 Å². The highest BCUT2D eigenvalue weighted by atomic mass is 16.5. The number of guanidine groups is 1. The van der Waals surface area contributed by atoms with Crippen molar-refractivity contribution >= 4 is 11.9 Å². The summed E-state index contributed by atoms with van der Waals surface area (Å²) in [6, 6.07) is 8.77. The molecule has 0 bridgehead atoms. The lowest BCUT2D eigenvalue weighted by Crippen LogP contribution is -2.54. The first-order valence-electron chi connectivity index (χ1n) is 10.4. The number of carbonyl (C=O) groups excluding carboxylic acids is 1. The number of benzene rings is 1. The number of rotatable bonds is 7. The summed E-state index contributed by atoms with van der Waals surface area (Å²) in [5.74, 6) is 0.964. The van der Waals surface area contributed by atoms with Crippen LogP contribution in [0.15, 0.2) is 29.3 Å². The molecule has 0 radical (unpaired) electrons. The van der Waals surface area contributed by atoms with E-state index in [4.69, 9.17) is 4.74 Å². The molecule has 1 aliphatic rings. The number of piperazine rings is 1. The molecule has 7 heteroatoms. The molecule has 0 atom stereocenters. The zero-order valence-electron chi connectivity index (χ0n) is 18.6. The lowest BCUT2D eigenvalue weighted by Gasteiger charge is -2.36. The van der Waals surface area contributed by atoms with Gasteiger partial charge in [0.2, 0.25) is 5.91 Å². The van der Waals surface area contributed by atoms with Crippen LogP contribution >= 0.6 is 0 Å². The average molecular weight is 404 g/mol. The lowest BCUT2D eigenvalue weighted by molar-refractivity contribution is -0.122. The van der Waals surface area contributed by atoms with Gasteiger partial charge in [-0.05, 0) is 16.5 Å². The molecule has 29 heavy (non-hydrogen) atoms. The summed E-state index contributed by atoms with van der Waals surface area (Å²) in [7, 11) is 3.45. The number of methoxy groups -OCH3 is 1.